The Morgan fingerprint density at radius 3 is 2.71 bits per heavy atom. The summed E-state index contributed by atoms with van der Waals surface area (Å²) in [6, 6.07) is 11.6. The summed E-state index contributed by atoms with van der Waals surface area (Å²) in [7, 11) is 0. The summed E-state index contributed by atoms with van der Waals surface area (Å²) >= 11 is 0. The Bertz CT molecular complexity index is 679. The van der Waals surface area contributed by atoms with E-state index in [-0.39, 0.29) is 12.5 Å². The third-order valence-electron chi connectivity index (χ3n) is 4.17. The lowest BCUT2D eigenvalue weighted by Crippen LogP contribution is -2.21. The molecule has 0 saturated carbocycles. The minimum atomic E-state index is -0.184. The van der Waals surface area contributed by atoms with E-state index >= 15 is 0 Å². The van der Waals surface area contributed by atoms with E-state index in [1.165, 1.54) is 12.8 Å². The van der Waals surface area contributed by atoms with E-state index < -0.39 is 0 Å². The minimum absolute atomic E-state index is 0.00904. The Labute approximate surface area is 142 Å². The zero-order chi connectivity index (χ0) is 16.8. The molecule has 1 saturated heterocycles. The van der Waals surface area contributed by atoms with Crippen LogP contribution < -0.4 is 15.0 Å². The molecule has 0 bridgehead atoms. The summed E-state index contributed by atoms with van der Waals surface area (Å²) in [4.78, 5) is 18.7. The largest absolute Gasteiger partial charge is 0.483 e. The van der Waals surface area contributed by atoms with Gasteiger partial charge in [0.25, 0.3) is 5.91 Å². The van der Waals surface area contributed by atoms with E-state index in [0.29, 0.717) is 5.69 Å². The standard InChI is InChI=1S/C19H23N3O2/c1-2-15-7-3-4-8-17(15)24-14-19(23)21-16-9-10-18(20-13-16)22-11-5-6-12-22/h3-4,7-10,13H,2,5-6,11-12,14H2,1H3,(H,21,23). The van der Waals surface area contributed by atoms with E-state index in [9.17, 15) is 4.79 Å². The van der Waals surface area contributed by atoms with Crippen molar-refractivity contribution in [2.45, 2.75) is 26.2 Å². The molecule has 24 heavy (non-hydrogen) atoms. The highest BCUT2D eigenvalue weighted by atomic mass is 16.5. The van der Waals surface area contributed by atoms with Crippen LogP contribution in [0.5, 0.6) is 5.75 Å². The Balaban J connectivity index is 1.53. The van der Waals surface area contributed by atoms with Crippen LogP contribution in [0.15, 0.2) is 42.6 Å². The average Bonchev–Trinajstić information content (AvgIpc) is 3.15. The molecule has 5 heteroatoms. The highest BCUT2D eigenvalue weighted by molar-refractivity contribution is 5.91. The highest BCUT2D eigenvalue weighted by Crippen LogP contribution is 2.20. The minimum Gasteiger partial charge on any atom is -0.483 e. The van der Waals surface area contributed by atoms with Crippen LogP contribution >= 0.6 is 0 Å². The molecule has 5 nitrogen and oxygen atoms in total. The lowest BCUT2D eigenvalue weighted by molar-refractivity contribution is -0.118. The van der Waals surface area contributed by atoms with Crippen LogP contribution in [-0.2, 0) is 11.2 Å². The smallest absolute Gasteiger partial charge is 0.262 e. The van der Waals surface area contributed by atoms with Gasteiger partial charge in [0, 0.05) is 13.1 Å². The van der Waals surface area contributed by atoms with Crippen LogP contribution in [0.1, 0.15) is 25.3 Å². The van der Waals surface area contributed by atoms with Gasteiger partial charge < -0.3 is 15.0 Å². The third kappa shape index (κ3) is 4.04. The molecule has 2 heterocycles. The van der Waals surface area contributed by atoms with Gasteiger partial charge in [-0.05, 0) is 43.0 Å². The fraction of sp³-hybridized carbons (Fsp3) is 0.368. The average molecular weight is 325 g/mol. The molecule has 0 spiro atoms. The maximum Gasteiger partial charge on any atom is 0.262 e. The van der Waals surface area contributed by atoms with Crippen LogP contribution in [0.3, 0.4) is 0 Å². The lowest BCUT2D eigenvalue weighted by atomic mass is 10.1. The van der Waals surface area contributed by atoms with E-state index in [0.717, 1.165) is 36.6 Å². The first-order chi connectivity index (χ1) is 11.8. The van der Waals surface area contributed by atoms with Gasteiger partial charge in [-0.3, -0.25) is 4.79 Å². The van der Waals surface area contributed by atoms with E-state index in [2.05, 4.69) is 22.1 Å². The number of nitrogens with zero attached hydrogens (tertiary/aromatic N) is 2. The van der Waals surface area contributed by atoms with Crippen molar-refractivity contribution in [3.63, 3.8) is 0 Å². The molecular formula is C19H23N3O2. The predicted octanol–water partition coefficient (Wildman–Crippen LogP) is 3.26. The second-order valence-corrected chi connectivity index (χ2v) is 5.90. The maximum atomic E-state index is 12.1. The number of hydrogen-bond donors (Lipinski definition) is 1. The maximum absolute atomic E-state index is 12.1. The predicted molar refractivity (Wildman–Crippen MR) is 95.6 cm³/mol. The van der Waals surface area contributed by atoms with Crippen molar-refractivity contribution in [1.29, 1.82) is 0 Å². The monoisotopic (exact) mass is 325 g/mol. The number of benzene rings is 1. The van der Waals surface area contributed by atoms with Gasteiger partial charge in [-0.2, -0.15) is 0 Å². The van der Waals surface area contributed by atoms with Crippen molar-refractivity contribution >= 4 is 17.4 Å². The quantitative estimate of drug-likeness (QED) is 0.886. The van der Waals surface area contributed by atoms with Crippen molar-refractivity contribution < 1.29 is 9.53 Å². The summed E-state index contributed by atoms with van der Waals surface area (Å²) in [5, 5.41) is 2.82. The number of anilines is 2. The molecule has 1 aliphatic rings. The van der Waals surface area contributed by atoms with Crippen molar-refractivity contribution in [3.05, 3.63) is 48.2 Å². The number of aromatic nitrogens is 1. The van der Waals surface area contributed by atoms with Crippen molar-refractivity contribution in [1.82, 2.24) is 4.98 Å². The molecule has 0 aliphatic carbocycles. The second kappa shape index (κ2) is 7.81. The Hall–Kier alpha value is -2.56. The molecule has 1 amide bonds. The molecule has 1 aromatic heterocycles. The topological polar surface area (TPSA) is 54.5 Å². The van der Waals surface area contributed by atoms with Crippen molar-refractivity contribution in [2.24, 2.45) is 0 Å². The van der Waals surface area contributed by atoms with Gasteiger partial charge in [-0.15, -0.1) is 0 Å². The summed E-state index contributed by atoms with van der Waals surface area (Å²) in [5.41, 5.74) is 1.79. The fourth-order valence-electron chi connectivity index (χ4n) is 2.87. The number of amides is 1. The number of aryl methyl sites for hydroxylation is 1. The van der Waals surface area contributed by atoms with Crippen LogP contribution in [-0.4, -0.2) is 30.6 Å². The zero-order valence-electron chi connectivity index (χ0n) is 14.0. The number of para-hydroxylation sites is 1. The first kappa shape index (κ1) is 16.3. The molecular weight excluding hydrogens is 302 g/mol. The molecule has 1 fully saturated rings. The van der Waals surface area contributed by atoms with E-state index in [4.69, 9.17) is 4.74 Å². The van der Waals surface area contributed by atoms with Gasteiger partial charge in [-0.1, -0.05) is 25.1 Å². The number of rotatable bonds is 6. The number of nitrogens with one attached hydrogen (secondary N) is 1. The lowest BCUT2D eigenvalue weighted by Gasteiger charge is -2.16. The molecule has 1 N–H and O–H groups in total. The fourth-order valence-corrected chi connectivity index (χ4v) is 2.87. The number of carbonyl (C=O) groups excluding carboxylic acids is 1. The molecule has 1 aromatic carbocycles. The number of pyridine rings is 1. The van der Waals surface area contributed by atoms with Crippen LogP contribution in [0.2, 0.25) is 0 Å². The van der Waals surface area contributed by atoms with E-state index in [1.54, 1.807) is 6.20 Å². The van der Waals surface area contributed by atoms with Crippen molar-refractivity contribution in [3.8, 4) is 5.75 Å². The highest BCUT2D eigenvalue weighted by Gasteiger charge is 2.13. The van der Waals surface area contributed by atoms with Gasteiger partial charge in [0.1, 0.15) is 11.6 Å². The molecule has 1 aliphatic heterocycles. The summed E-state index contributed by atoms with van der Waals surface area (Å²) in [6.45, 7) is 4.17. The molecule has 3 rings (SSSR count). The molecule has 0 radical (unpaired) electrons. The molecule has 0 unspecified atom stereocenters. The SMILES string of the molecule is CCc1ccccc1OCC(=O)Nc1ccc(N2CCCC2)nc1. The van der Waals surface area contributed by atoms with Gasteiger partial charge in [0.15, 0.2) is 6.61 Å². The molecule has 126 valence electrons. The van der Waals surface area contributed by atoms with Gasteiger partial charge in [0.05, 0.1) is 11.9 Å². The van der Waals surface area contributed by atoms with E-state index in [1.807, 2.05) is 36.4 Å². The summed E-state index contributed by atoms with van der Waals surface area (Å²) in [5.74, 6) is 1.55. The number of ether oxygens (including phenoxy) is 1. The second-order valence-electron chi connectivity index (χ2n) is 5.90. The third-order valence-corrected chi connectivity index (χ3v) is 4.17. The van der Waals surface area contributed by atoms with Gasteiger partial charge >= 0.3 is 0 Å². The van der Waals surface area contributed by atoms with Crippen LogP contribution in [0.25, 0.3) is 0 Å². The van der Waals surface area contributed by atoms with Crippen molar-refractivity contribution in [2.75, 3.05) is 29.9 Å². The Kier molecular flexibility index (Phi) is 5.31. The number of hydrogen-bond acceptors (Lipinski definition) is 4. The molecule has 2 aromatic rings. The Morgan fingerprint density at radius 1 is 1.21 bits per heavy atom. The first-order valence-corrected chi connectivity index (χ1v) is 8.48. The summed E-state index contributed by atoms with van der Waals surface area (Å²) in [6.07, 6.45) is 5.01. The molecule has 0 atom stereocenters. The van der Waals surface area contributed by atoms with Crippen LogP contribution in [0.4, 0.5) is 11.5 Å². The first-order valence-electron chi connectivity index (χ1n) is 8.48. The normalized spacial score (nSPS) is 13.8. The summed E-state index contributed by atoms with van der Waals surface area (Å²) < 4.78 is 5.63. The zero-order valence-corrected chi connectivity index (χ0v) is 14.0. The van der Waals surface area contributed by atoms with Gasteiger partial charge in [-0.25, -0.2) is 4.98 Å². The Morgan fingerprint density at radius 2 is 2.00 bits per heavy atom. The number of carbonyl (C=O) groups is 1. The van der Waals surface area contributed by atoms with Crippen LogP contribution in [0, 0.1) is 0 Å². The van der Waals surface area contributed by atoms with Gasteiger partial charge in [0.2, 0.25) is 0 Å².